The van der Waals surface area contributed by atoms with Crippen LogP contribution in [0.1, 0.15) is 38.1 Å². The van der Waals surface area contributed by atoms with Crippen LogP contribution in [0.2, 0.25) is 5.15 Å². The molecule has 1 fully saturated rings. The summed E-state index contributed by atoms with van der Waals surface area (Å²) in [6, 6.07) is 3.21. The molecule has 2 aromatic rings. The van der Waals surface area contributed by atoms with Gasteiger partial charge in [0.15, 0.2) is 0 Å². The Hall–Kier alpha value is -2.35. The van der Waals surface area contributed by atoms with E-state index in [0.717, 1.165) is 31.0 Å². The van der Waals surface area contributed by atoms with Gasteiger partial charge < -0.3 is 10.2 Å². The summed E-state index contributed by atoms with van der Waals surface area (Å²) in [7, 11) is 0. The highest BCUT2D eigenvalue weighted by atomic mass is 35.5. The molecule has 3 heterocycles. The fraction of sp³-hybridized carbons (Fsp3) is 0.412. The highest BCUT2D eigenvalue weighted by Crippen LogP contribution is 2.58. The van der Waals surface area contributed by atoms with Crippen LogP contribution in [0.4, 0.5) is 26.1 Å². The van der Waals surface area contributed by atoms with Crippen molar-refractivity contribution in [1.82, 2.24) is 15.0 Å². The van der Waals surface area contributed by atoms with Crippen LogP contribution in [0.15, 0.2) is 18.3 Å². The molecule has 0 radical (unpaired) electrons. The zero-order chi connectivity index (χ0) is 18.7. The second kappa shape index (κ2) is 5.57. The van der Waals surface area contributed by atoms with Crippen molar-refractivity contribution in [2.24, 2.45) is 0 Å². The zero-order valence-electron chi connectivity index (χ0n) is 14.2. The summed E-state index contributed by atoms with van der Waals surface area (Å²) >= 11 is 5.97. The molecule has 1 aliphatic carbocycles. The summed E-state index contributed by atoms with van der Waals surface area (Å²) in [5.74, 6) is -3.33. The monoisotopic (exact) mass is 379 g/mol. The van der Waals surface area contributed by atoms with Gasteiger partial charge >= 0.3 is 5.92 Å². The van der Waals surface area contributed by atoms with E-state index in [0.29, 0.717) is 18.2 Å². The Bertz CT molecular complexity index is 911. The van der Waals surface area contributed by atoms with Crippen LogP contribution in [-0.2, 0) is 16.1 Å². The van der Waals surface area contributed by atoms with Crippen LogP contribution in [0.5, 0.6) is 0 Å². The number of hydrogen-bond acceptors (Lipinski definition) is 5. The first-order valence-electron chi connectivity index (χ1n) is 8.16. The van der Waals surface area contributed by atoms with Gasteiger partial charge in [-0.1, -0.05) is 11.6 Å². The smallest absolute Gasteiger partial charge is 0.303 e. The Morgan fingerprint density at radius 3 is 2.69 bits per heavy atom. The number of nitrogens with one attached hydrogen (secondary N) is 1. The van der Waals surface area contributed by atoms with Crippen molar-refractivity contribution in [3.05, 3.63) is 34.9 Å². The van der Waals surface area contributed by atoms with Gasteiger partial charge in [-0.3, -0.25) is 4.79 Å². The summed E-state index contributed by atoms with van der Waals surface area (Å²) in [5, 5.41) is 2.60. The van der Waals surface area contributed by atoms with Gasteiger partial charge in [-0.05, 0) is 12.8 Å². The number of rotatable bonds is 3. The number of carbonyl (C=O) groups is 1. The molecule has 0 unspecified atom stereocenters. The van der Waals surface area contributed by atoms with E-state index in [1.807, 2.05) is 4.90 Å². The molecule has 2 aromatic heterocycles. The lowest BCUT2D eigenvalue weighted by Crippen LogP contribution is -2.22. The highest BCUT2D eigenvalue weighted by Gasteiger charge is 2.52. The van der Waals surface area contributed by atoms with Gasteiger partial charge in [0, 0.05) is 49.7 Å². The number of nitrogens with zero attached hydrogens (tertiary/aromatic N) is 4. The molecular formula is C17H16ClF2N5O. The second-order valence-corrected chi connectivity index (χ2v) is 7.28. The van der Waals surface area contributed by atoms with Gasteiger partial charge in [-0.2, -0.15) is 8.78 Å². The third-order valence-corrected chi connectivity index (χ3v) is 4.91. The molecule has 136 valence electrons. The van der Waals surface area contributed by atoms with Crippen molar-refractivity contribution in [3.8, 4) is 0 Å². The maximum absolute atomic E-state index is 13.7. The van der Waals surface area contributed by atoms with E-state index in [1.165, 1.54) is 13.0 Å². The van der Waals surface area contributed by atoms with Crippen molar-refractivity contribution >= 4 is 34.8 Å². The van der Waals surface area contributed by atoms with Crippen LogP contribution in [0.25, 0.3) is 0 Å². The molecule has 1 aliphatic heterocycles. The quantitative estimate of drug-likeness (QED) is 0.822. The van der Waals surface area contributed by atoms with Crippen LogP contribution in [0.3, 0.4) is 0 Å². The molecule has 0 atom stereocenters. The molecule has 9 heteroatoms. The van der Waals surface area contributed by atoms with Gasteiger partial charge in [0.05, 0.1) is 5.69 Å². The average Bonchev–Trinajstić information content (AvgIpc) is 3.23. The Kier molecular flexibility index (Phi) is 3.66. The summed E-state index contributed by atoms with van der Waals surface area (Å²) in [6.45, 7) is 2.74. The van der Waals surface area contributed by atoms with E-state index >= 15 is 0 Å². The van der Waals surface area contributed by atoms with Crippen molar-refractivity contribution < 1.29 is 13.6 Å². The Balaban J connectivity index is 1.80. The van der Waals surface area contributed by atoms with Crippen LogP contribution in [-0.4, -0.2) is 27.4 Å². The number of amides is 1. The first-order chi connectivity index (χ1) is 12.2. The van der Waals surface area contributed by atoms with Crippen LogP contribution in [0, 0.1) is 0 Å². The lowest BCUT2D eigenvalue weighted by molar-refractivity contribution is -0.114. The van der Waals surface area contributed by atoms with Crippen LogP contribution >= 0.6 is 11.6 Å². The highest BCUT2D eigenvalue weighted by molar-refractivity contribution is 6.29. The fourth-order valence-corrected chi connectivity index (χ4v) is 3.50. The lowest BCUT2D eigenvalue weighted by atomic mass is 10.0. The minimum atomic E-state index is -3.20. The van der Waals surface area contributed by atoms with Gasteiger partial charge in [0.2, 0.25) is 11.7 Å². The van der Waals surface area contributed by atoms with Crippen molar-refractivity contribution in [1.29, 1.82) is 0 Å². The molecule has 0 bridgehead atoms. The van der Waals surface area contributed by atoms with E-state index in [9.17, 15) is 13.6 Å². The summed E-state index contributed by atoms with van der Waals surface area (Å²) in [5.41, 5.74) is 1.79. The van der Waals surface area contributed by atoms with Gasteiger partial charge in [-0.15, -0.1) is 0 Å². The topological polar surface area (TPSA) is 71.0 Å². The molecule has 4 rings (SSSR count). The van der Waals surface area contributed by atoms with Gasteiger partial charge in [0.25, 0.3) is 0 Å². The van der Waals surface area contributed by atoms with E-state index in [2.05, 4.69) is 20.3 Å². The van der Waals surface area contributed by atoms with E-state index in [4.69, 9.17) is 11.6 Å². The molecule has 1 spiro atoms. The molecule has 1 N–H and O–H groups in total. The minimum absolute atomic E-state index is 0.0383. The predicted molar refractivity (Wildman–Crippen MR) is 93.1 cm³/mol. The molecule has 0 saturated heterocycles. The average molecular weight is 380 g/mol. The van der Waals surface area contributed by atoms with Crippen molar-refractivity contribution in [3.63, 3.8) is 0 Å². The minimum Gasteiger partial charge on any atom is -0.325 e. The molecular weight excluding hydrogens is 364 g/mol. The maximum atomic E-state index is 13.7. The molecule has 0 aromatic carbocycles. The molecule has 1 amide bonds. The lowest BCUT2D eigenvalue weighted by Gasteiger charge is -2.21. The number of hydrogen-bond donors (Lipinski definition) is 1. The largest absolute Gasteiger partial charge is 0.325 e. The standard InChI is InChI=1S/C17H16ClF2N5O/c1-9(26)22-13-5-11-10(7-21-13)17(3-4-17)8-25(11)14-6-12(18)23-15(24-14)16(2,19)20/h5-7H,3-4,8H2,1-2H3,(H,21,22,26). The number of aromatic nitrogens is 3. The first-order valence-corrected chi connectivity index (χ1v) is 8.54. The number of alkyl halides is 2. The first kappa shape index (κ1) is 17.1. The summed E-state index contributed by atoms with van der Waals surface area (Å²) in [4.78, 5) is 25.1. The maximum Gasteiger partial charge on any atom is 0.303 e. The third-order valence-electron chi connectivity index (χ3n) is 4.71. The van der Waals surface area contributed by atoms with E-state index in [1.54, 1.807) is 12.3 Å². The van der Waals surface area contributed by atoms with Gasteiger partial charge in [0.1, 0.15) is 16.8 Å². The Morgan fingerprint density at radius 1 is 1.35 bits per heavy atom. The fourth-order valence-electron chi connectivity index (χ4n) is 3.32. The summed E-state index contributed by atoms with van der Waals surface area (Å²) in [6.07, 6.45) is 3.73. The number of fused-ring (bicyclic) bond motifs is 2. The predicted octanol–water partition coefficient (Wildman–Crippen LogP) is 3.78. The molecule has 26 heavy (non-hydrogen) atoms. The normalized spacial score (nSPS) is 17.3. The van der Waals surface area contributed by atoms with Crippen LogP contribution < -0.4 is 10.2 Å². The van der Waals surface area contributed by atoms with Crippen molar-refractivity contribution in [2.75, 3.05) is 16.8 Å². The molecule has 2 aliphatic rings. The van der Waals surface area contributed by atoms with E-state index < -0.39 is 11.7 Å². The zero-order valence-corrected chi connectivity index (χ0v) is 14.9. The third kappa shape index (κ3) is 2.88. The van der Waals surface area contributed by atoms with Crippen molar-refractivity contribution in [2.45, 2.75) is 38.0 Å². The SMILES string of the molecule is CC(=O)Nc1cc2c(cn1)C1(CC1)CN2c1cc(Cl)nc(C(C)(F)F)n1. The Labute approximate surface area is 153 Å². The number of carbonyl (C=O) groups excluding carboxylic acids is 1. The number of halogens is 3. The van der Waals surface area contributed by atoms with E-state index in [-0.39, 0.29) is 16.5 Å². The molecule has 1 saturated carbocycles. The second-order valence-electron chi connectivity index (χ2n) is 6.90. The number of anilines is 3. The molecule has 6 nitrogen and oxygen atoms in total. The number of pyridine rings is 1. The van der Waals surface area contributed by atoms with Gasteiger partial charge in [-0.25, -0.2) is 15.0 Å². The summed E-state index contributed by atoms with van der Waals surface area (Å²) < 4.78 is 27.4. The Morgan fingerprint density at radius 2 is 2.08 bits per heavy atom.